The van der Waals surface area contributed by atoms with Gasteiger partial charge in [0.05, 0.1) is 19.0 Å². The Kier molecular flexibility index (Phi) is 5.74. The molecule has 2 aromatic heterocycles. The van der Waals surface area contributed by atoms with Crippen molar-refractivity contribution in [3.63, 3.8) is 0 Å². The van der Waals surface area contributed by atoms with E-state index in [1.807, 2.05) is 31.3 Å². The van der Waals surface area contributed by atoms with Gasteiger partial charge in [-0.25, -0.2) is 10.4 Å². The molecule has 0 aliphatic rings. The van der Waals surface area contributed by atoms with Gasteiger partial charge in [-0.1, -0.05) is 18.7 Å². The van der Waals surface area contributed by atoms with Crippen LogP contribution in [-0.4, -0.2) is 35.2 Å². The summed E-state index contributed by atoms with van der Waals surface area (Å²) in [5.74, 6) is 0.857. The first-order chi connectivity index (χ1) is 13.5. The number of carbonyl (C=O) groups excluding carboxylic acids is 1. The first-order valence-corrected chi connectivity index (χ1v) is 8.74. The van der Waals surface area contributed by atoms with Gasteiger partial charge in [0.25, 0.3) is 5.91 Å². The molecule has 0 saturated heterocycles. The third-order valence-corrected chi connectivity index (χ3v) is 4.08. The zero-order chi connectivity index (χ0) is 20.1. The highest BCUT2D eigenvalue weighted by atomic mass is 16.5. The van der Waals surface area contributed by atoms with Gasteiger partial charge in [-0.2, -0.15) is 5.10 Å². The van der Waals surface area contributed by atoms with Crippen LogP contribution in [0.4, 0.5) is 0 Å². The SMILES string of the molecule is C=CCOc1ccc(/C=N\NC(=O)c2c(C)nc3ccc(C)cn23)cc1OC. The predicted octanol–water partition coefficient (Wildman–Crippen LogP) is 3.29. The molecule has 144 valence electrons. The van der Waals surface area contributed by atoms with Crippen LogP contribution < -0.4 is 14.9 Å². The molecule has 0 fully saturated rings. The summed E-state index contributed by atoms with van der Waals surface area (Å²) in [4.78, 5) is 17.0. The zero-order valence-corrected chi connectivity index (χ0v) is 16.1. The summed E-state index contributed by atoms with van der Waals surface area (Å²) < 4.78 is 12.6. The minimum atomic E-state index is -0.329. The number of methoxy groups -OCH3 is 1. The Morgan fingerprint density at radius 3 is 2.86 bits per heavy atom. The number of amides is 1. The van der Waals surface area contributed by atoms with Crippen LogP contribution in [0.2, 0.25) is 0 Å². The maximum Gasteiger partial charge on any atom is 0.290 e. The normalized spacial score (nSPS) is 11.0. The summed E-state index contributed by atoms with van der Waals surface area (Å²) in [6.45, 7) is 7.77. The molecule has 1 amide bonds. The number of nitrogens with zero attached hydrogens (tertiary/aromatic N) is 3. The standard InChI is InChI=1S/C21H22N4O3/c1-5-10-28-17-8-7-16(11-18(17)27-4)12-22-24-21(26)20-15(3)23-19-9-6-14(2)13-25(19)20/h5-9,11-13H,1,10H2,2-4H3,(H,24,26)/b22-12-. The highest BCUT2D eigenvalue weighted by Crippen LogP contribution is 2.27. The van der Waals surface area contributed by atoms with Crippen molar-refractivity contribution in [2.24, 2.45) is 5.10 Å². The van der Waals surface area contributed by atoms with Crippen LogP contribution in [0.25, 0.3) is 5.65 Å². The molecule has 1 aromatic carbocycles. The van der Waals surface area contributed by atoms with E-state index in [0.29, 0.717) is 29.5 Å². The average molecular weight is 378 g/mol. The second-order valence-corrected chi connectivity index (χ2v) is 6.19. The topological polar surface area (TPSA) is 77.2 Å². The van der Waals surface area contributed by atoms with E-state index in [2.05, 4.69) is 22.1 Å². The Balaban J connectivity index is 1.76. The van der Waals surface area contributed by atoms with Crippen LogP contribution in [0.5, 0.6) is 11.5 Å². The van der Waals surface area contributed by atoms with Crippen molar-refractivity contribution < 1.29 is 14.3 Å². The summed E-state index contributed by atoms with van der Waals surface area (Å²) in [5.41, 5.74) is 6.17. The second kappa shape index (κ2) is 8.39. The number of imidazole rings is 1. The highest BCUT2D eigenvalue weighted by Gasteiger charge is 2.16. The number of carbonyl (C=O) groups is 1. The molecule has 7 nitrogen and oxygen atoms in total. The number of hydrazone groups is 1. The van der Waals surface area contributed by atoms with Crippen molar-refractivity contribution in [1.82, 2.24) is 14.8 Å². The van der Waals surface area contributed by atoms with E-state index in [-0.39, 0.29) is 5.91 Å². The number of hydrogen-bond donors (Lipinski definition) is 1. The molecular weight excluding hydrogens is 356 g/mol. The van der Waals surface area contributed by atoms with Gasteiger partial charge in [0.2, 0.25) is 0 Å². The number of aryl methyl sites for hydroxylation is 2. The highest BCUT2D eigenvalue weighted by molar-refractivity contribution is 5.95. The van der Waals surface area contributed by atoms with Crippen molar-refractivity contribution in [2.45, 2.75) is 13.8 Å². The van der Waals surface area contributed by atoms with Gasteiger partial charge in [-0.15, -0.1) is 0 Å². The fourth-order valence-electron chi connectivity index (χ4n) is 2.79. The molecule has 0 atom stereocenters. The molecule has 2 heterocycles. The maximum atomic E-state index is 12.6. The molecule has 0 radical (unpaired) electrons. The van der Waals surface area contributed by atoms with Gasteiger partial charge in [-0.3, -0.25) is 9.20 Å². The monoisotopic (exact) mass is 378 g/mol. The summed E-state index contributed by atoms with van der Waals surface area (Å²) >= 11 is 0. The molecule has 3 rings (SSSR count). The number of rotatable bonds is 7. The van der Waals surface area contributed by atoms with E-state index in [4.69, 9.17) is 9.47 Å². The minimum Gasteiger partial charge on any atom is -0.493 e. The lowest BCUT2D eigenvalue weighted by Crippen LogP contribution is -2.20. The zero-order valence-electron chi connectivity index (χ0n) is 16.1. The van der Waals surface area contributed by atoms with Gasteiger partial charge < -0.3 is 9.47 Å². The van der Waals surface area contributed by atoms with Crippen molar-refractivity contribution in [3.05, 3.63) is 71.7 Å². The molecule has 1 N–H and O–H groups in total. The van der Waals surface area contributed by atoms with E-state index in [0.717, 1.165) is 16.8 Å². The lowest BCUT2D eigenvalue weighted by Gasteiger charge is -2.09. The third-order valence-electron chi connectivity index (χ3n) is 4.08. The molecule has 7 heteroatoms. The molecule has 0 bridgehead atoms. The molecule has 28 heavy (non-hydrogen) atoms. The van der Waals surface area contributed by atoms with Crippen LogP contribution in [0.15, 0.2) is 54.3 Å². The Labute approximate surface area is 163 Å². The summed E-state index contributed by atoms with van der Waals surface area (Å²) in [7, 11) is 1.56. The van der Waals surface area contributed by atoms with Gasteiger partial charge >= 0.3 is 0 Å². The number of ether oxygens (including phenoxy) is 2. The van der Waals surface area contributed by atoms with E-state index in [1.54, 1.807) is 42.9 Å². The first kappa shape index (κ1) is 19.2. The molecule has 0 spiro atoms. The van der Waals surface area contributed by atoms with E-state index < -0.39 is 0 Å². The lowest BCUT2D eigenvalue weighted by atomic mass is 10.2. The van der Waals surface area contributed by atoms with E-state index >= 15 is 0 Å². The number of nitrogens with one attached hydrogen (secondary N) is 1. The summed E-state index contributed by atoms with van der Waals surface area (Å²) in [6.07, 6.45) is 5.08. The summed E-state index contributed by atoms with van der Waals surface area (Å²) in [5, 5.41) is 4.06. The summed E-state index contributed by atoms with van der Waals surface area (Å²) in [6, 6.07) is 9.21. The molecular formula is C21H22N4O3. The Bertz CT molecular complexity index is 1050. The van der Waals surface area contributed by atoms with Crippen LogP contribution in [-0.2, 0) is 0 Å². The quantitative estimate of drug-likeness (QED) is 0.389. The van der Waals surface area contributed by atoms with Crippen molar-refractivity contribution in [1.29, 1.82) is 0 Å². The van der Waals surface area contributed by atoms with Gasteiger partial charge in [0.15, 0.2) is 11.5 Å². The largest absolute Gasteiger partial charge is 0.493 e. The predicted molar refractivity (Wildman–Crippen MR) is 108 cm³/mol. The molecule has 0 unspecified atom stereocenters. The molecule has 0 saturated carbocycles. The van der Waals surface area contributed by atoms with Crippen LogP contribution >= 0.6 is 0 Å². The Hall–Kier alpha value is -3.61. The number of benzene rings is 1. The average Bonchev–Trinajstić information content (AvgIpc) is 3.01. The fraction of sp³-hybridized carbons (Fsp3) is 0.190. The number of pyridine rings is 1. The maximum absolute atomic E-state index is 12.6. The third kappa shape index (κ3) is 4.03. The van der Waals surface area contributed by atoms with Gasteiger partial charge in [0, 0.05) is 6.20 Å². The molecule has 0 aliphatic carbocycles. The Morgan fingerprint density at radius 1 is 1.29 bits per heavy atom. The number of fused-ring (bicyclic) bond motifs is 1. The van der Waals surface area contributed by atoms with Crippen LogP contribution in [0.3, 0.4) is 0 Å². The van der Waals surface area contributed by atoms with Crippen LogP contribution in [0, 0.1) is 13.8 Å². The Morgan fingerprint density at radius 2 is 2.11 bits per heavy atom. The minimum absolute atomic E-state index is 0.329. The van der Waals surface area contributed by atoms with Crippen molar-refractivity contribution >= 4 is 17.8 Å². The first-order valence-electron chi connectivity index (χ1n) is 8.74. The lowest BCUT2D eigenvalue weighted by molar-refractivity contribution is 0.0948. The number of hydrogen-bond acceptors (Lipinski definition) is 5. The second-order valence-electron chi connectivity index (χ2n) is 6.19. The van der Waals surface area contributed by atoms with E-state index in [9.17, 15) is 4.79 Å². The fourth-order valence-corrected chi connectivity index (χ4v) is 2.79. The smallest absolute Gasteiger partial charge is 0.290 e. The number of aromatic nitrogens is 2. The van der Waals surface area contributed by atoms with Crippen molar-refractivity contribution in [2.75, 3.05) is 13.7 Å². The van der Waals surface area contributed by atoms with Crippen molar-refractivity contribution in [3.8, 4) is 11.5 Å². The molecule has 0 aliphatic heterocycles. The molecule has 3 aromatic rings. The van der Waals surface area contributed by atoms with E-state index in [1.165, 1.54) is 0 Å². The van der Waals surface area contributed by atoms with Crippen LogP contribution in [0.1, 0.15) is 27.3 Å². The van der Waals surface area contributed by atoms with Gasteiger partial charge in [0.1, 0.15) is 17.9 Å². The van der Waals surface area contributed by atoms with Gasteiger partial charge in [-0.05, 0) is 49.2 Å².